The molecule has 0 bridgehead atoms. The molecule has 2 aromatic carbocycles. The lowest BCUT2D eigenvalue weighted by Crippen LogP contribution is -2.57. The number of rotatable bonds is 7. The summed E-state index contributed by atoms with van der Waals surface area (Å²) < 4.78 is 23.0. The van der Waals surface area contributed by atoms with Crippen LogP contribution >= 0.6 is 12.4 Å². The zero-order valence-electron chi connectivity index (χ0n) is 25.4. The minimum atomic E-state index is -2.24. The first kappa shape index (κ1) is 34.2. The molecule has 0 saturated carbocycles. The molecule has 6 atom stereocenters. The van der Waals surface area contributed by atoms with Gasteiger partial charge in [0.25, 0.3) is 0 Å². The van der Waals surface area contributed by atoms with Gasteiger partial charge >= 0.3 is 0 Å². The van der Waals surface area contributed by atoms with Gasteiger partial charge in [0.2, 0.25) is 5.78 Å². The second-order valence-corrected chi connectivity index (χ2v) is 12.2. The molecular weight excluding hydrogens is 626 g/mol. The van der Waals surface area contributed by atoms with Gasteiger partial charge in [0.15, 0.2) is 17.9 Å². The quantitative estimate of drug-likeness (QED) is 0.197. The molecule has 2 aromatic rings. The number of Topliss-reactive ketones (excluding diaryl/α,β-unsaturated/α-hetero) is 1. The van der Waals surface area contributed by atoms with Crippen molar-refractivity contribution in [3.05, 3.63) is 51.6 Å². The van der Waals surface area contributed by atoms with Crippen LogP contribution in [0.5, 0.6) is 17.2 Å². The molecule has 2 aliphatic carbocycles. The van der Waals surface area contributed by atoms with Gasteiger partial charge in [-0.05, 0) is 25.8 Å². The standard InChI is InChI=1S/C32H37NO12.ClH/c1-14-27(36)18(33-15-6-8-43-9-7-15)10-22(44-14)45-20-12-32(41,21(35)13-34)11-17-24(20)31(40)26-25(29(17)38)28(37)16-4-3-5-19(42-2)23(16)30(26)39;/h3-5,14-15,18,20,22,27,33-34,36,38,40-41H,6-13H2,1-2H3;1H/t14?,18?,20-,22?,27?,32-;/m0./s1. The van der Waals surface area contributed by atoms with Crippen molar-refractivity contribution in [3.63, 3.8) is 0 Å². The molecule has 0 amide bonds. The van der Waals surface area contributed by atoms with Gasteiger partial charge < -0.3 is 49.8 Å². The number of hydrogen-bond acceptors (Lipinski definition) is 13. The van der Waals surface area contributed by atoms with Crippen LogP contribution in [0.2, 0.25) is 0 Å². The zero-order chi connectivity index (χ0) is 32.2. The molecule has 0 aromatic heterocycles. The Morgan fingerprint density at radius 3 is 2.46 bits per heavy atom. The summed E-state index contributed by atoms with van der Waals surface area (Å²) in [5.74, 6) is -3.69. The number of ketones is 3. The molecule has 14 heteroatoms. The Labute approximate surface area is 270 Å². The number of fused-ring (bicyclic) bond motifs is 3. The molecule has 13 nitrogen and oxygen atoms in total. The van der Waals surface area contributed by atoms with Crippen LogP contribution in [0.4, 0.5) is 0 Å². The van der Waals surface area contributed by atoms with Crippen molar-refractivity contribution in [1.29, 1.82) is 0 Å². The third-order valence-electron chi connectivity index (χ3n) is 9.43. The molecule has 2 fully saturated rings. The molecule has 2 heterocycles. The molecule has 0 spiro atoms. The van der Waals surface area contributed by atoms with Crippen LogP contribution in [0.1, 0.15) is 81.7 Å². The molecule has 2 saturated heterocycles. The highest BCUT2D eigenvalue weighted by atomic mass is 35.5. The maximum Gasteiger partial charge on any atom is 0.202 e. The SMILES string of the molecule is COc1cccc2c1C(=O)c1c(O)c3c(c(O)c1C2=O)C[C@@](O)(C(=O)CO)C[C@@H]3OC1CC(NC2CCOCC2)C(O)C(C)O1.Cl. The second kappa shape index (κ2) is 13.2. The third kappa shape index (κ3) is 5.69. The van der Waals surface area contributed by atoms with E-state index >= 15 is 0 Å². The Morgan fingerprint density at radius 1 is 1.09 bits per heavy atom. The van der Waals surface area contributed by atoms with E-state index in [9.17, 15) is 39.9 Å². The Hall–Kier alpha value is -3.14. The van der Waals surface area contributed by atoms with Gasteiger partial charge in [0.1, 0.15) is 29.5 Å². The number of methoxy groups -OCH3 is 1. The van der Waals surface area contributed by atoms with Crippen LogP contribution in [-0.4, -0.2) is 106 Å². The minimum absolute atomic E-state index is 0. The Balaban J connectivity index is 0.00000417. The molecule has 6 rings (SSSR count). The van der Waals surface area contributed by atoms with Crippen molar-refractivity contribution in [2.45, 2.75) is 81.3 Å². The highest BCUT2D eigenvalue weighted by Crippen LogP contribution is 2.52. The number of aromatic hydroxyl groups is 2. The van der Waals surface area contributed by atoms with E-state index in [-0.39, 0.29) is 52.9 Å². The molecule has 6 N–H and O–H groups in total. The van der Waals surface area contributed by atoms with E-state index in [0.717, 1.165) is 12.8 Å². The Morgan fingerprint density at radius 2 is 1.78 bits per heavy atom. The number of ether oxygens (including phenoxy) is 4. The smallest absolute Gasteiger partial charge is 0.202 e. The summed E-state index contributed by atoms with van der Waals surface area (Å²) in [6.07, 6.45) is -3.25. The normalized spacial score (nSPS) is 29.3. The Bertz CT molecular complexity index is 1540. The predicted molar refractivity (Wildman–Crippen MR) is 162 cm³/mol. The maximum absolute atomic E-state index is 13.8. The van der Waals surface area contributed by atoms with Gasteiger partial charge in [0.05, 0.1) is 42.1 Å². The fourth-order valence-corrected chi connectivity index (χ4v) is 7.05. The van der Waals surface area contributed by atoms with E-state index in [2.05, 4.69) is 5.32 Å². The summed E-state index contributed by atoms with van der Waals surface area (Å²) in [6, 6.07) is 4.06. The lowest BCUT2D eigenvalue weighted by Gasteiger charge is -2.43. The van der Waals surface area contributed by atoms with Crippen molar-refractivity contribution >= 4 is 29.8 Å². The third-order valence-corrected chi connectivity index (χ3v) is 9.43. The first-order chi connectivity index (χ1) is 21.5. The van der Waals surface area contributed by atoms with E-state index in [1.165, 1.54) is 25.3 Å². The lowest BCUT2D eigenvalue weighted by atomic mass is 9.72. The summed E-state index contributed by atoms with van der Waals surface area (Å²) in [5, 5.41) is 58.7. The number of halogens is 1. The zero-order valence-corrected chi connectivity index (χ0v) is 26.2. The molecule has 46 heavy (non-hydrogen) atoms. The van der Waals surface area contributed by atoms with Gasteiger partial charge in [0, 0.05) is 61.3 Å². The van der Waals surface area contributed by atoms with E-state index in [0.29, 0.717) is 13.2 Å². The average molecular weight is 664 g/mol. The number of aliphatic hydroxyl groups excluding tert-OH is 2. The van der Waals surface area contributed by atoms with E-state index in [1.807, 2.05) is 0 Å². The number of benzene rings is 2. The van der Waals surface area contributed by atoms with Crippen molar-refractivity contribution in [3.8, 4) is 17.2 Å². The van der Waals surface area contributed by atoms with Crippen molar-refractivity contribution in [2.75, 3.05) is 26.9 Å². The highest BCUT2D eigenvalue weighted by Gasteiger charge is 2.50. The topological polar surface area (TPSA) is 201 Å². The monoisotopic (exact) mass is 663 g/mol. The molecule has 250 valence electrons. The van der Waals surface area contributed by atoms with Gasteiger partial charge in [-0.15, -0.1) is 12.4 Å². The largest absolute Gasteiger partial charge is 0.507 e. The van der Waals surface area contributed by atoms with Crippen LogP contribution in [0, 0.1) is 0 Å². The number of aliphatic hydroxyl groups is 3. The van der Waals surface area contributed by atoms with Crippen LogP contribution in [-0.2, 0) is 25.4 Å². The summed E-state index contributed by atoms with van der Waals surface area (Å²) in [7, 11) is 1.34. The molecular formula is C32H38ClNO12. The number of carbonyl (C=O) groups excluding carboxylic acids is 3. The molecule has 2 aliphatic heterocycles. The van der Waals surface area contributed by atoms with E-state index < -0.39 is 95.7 Å². The lowest BCUT2D eigenvalue weighted by molar-refractivity contribution is -0.250. The van der Waals surface area contributed by atoms with Gasteiger partial charge in [-0.2, -0.15) is 0 Å². The van der Waals surface area contributed by atoms with Crippen molar-refractivity contribution in [2.24, 2.45) is 0 Å². The van der Waals surface area contributed by atoms with Crippen LogP contribution in [0.15, 0.2) is 18.2 Å². The fourth-order valence-electron chi connectivity index (χ4n) is 7.05. The van der Waals surface area contributed by atoms with Gasteiger partial charge in [-0.25, -0.2) is 0 Å². The number of phenolic OH excluding ortho intramolecular Hbond substituents is 2. The maximum atomic E-state index is 13.8. The number of hydrogen-bond donors (Lipinski definition) is 6. The summed E-state index contributed by atoms with van der Waals surface area (Å²) in [4.78, 5) is 40.3. The van der Waals surface area contributed by atoms with E-state index in [1.54, 1.807) is 6.92 Å². The highest BCUT2D eigenvalue weighted by molar-refractivity contribution is 6.31. The Kier molecular flexibility index (Phi) is 9.79. The van der Waals surface area contributed by atoms with Crippen LogP contribution < -0.4 is 10.1 Å². The summed E-state index contributed by atoms with van der Waals surface area (Å²) in [6.45, 7) is 1.84. The van der Waals surface area contributed by atoms with Gasteiger partial charge in [-0.3, -0.25) is 14.4 Å². The fraction of sp³-hybridized carbons (Fsp3) is 0.531. The molecule has 0 radical (unpaired) electrons. The van der Waals surface area contributed by atoms with Gasteiger partial charge in [-0.1, -0.05) is 12.1 Å². The second-order valence-electron chi connectivity index (χ2n) is 12.2. The summed E-state index contributed by atoms with van der Waals surface area (Å²) >= 11 is 0. The van der Waals surface area contributed by atoms with Crippen molar-refractivity contribution in [1.82, 2.24) is 5.32 Å². The first-order valence-corrected chi connectivity index (χ1v) is 15.0. The minimum Gasteiger partial charge on any atom is -0.507 e. The molecule has 4 aliphatic rings. The van der Waals surface area contributed by atoms with E-state index in [4.69, 9.17) is 18.9 Å². The molecule has 4 unspecified atom stereocenters. The van der Waals surface area contributed by atoms with Crippen LogP contribution in [0.25, 0.3) is 0 Å². The first-order valence-electron chi connectivity index (χ1n) is 15.0. The van der Waals surface area contributed by atoms with Crippen molar-refractivity contribution < 1.29 is 58.9 Å². The predicted octanol–water partition coefficient (Wildman–Crippen LogP) is 1.23. The summed E-state index contributed by atoms with van der Waals surface area (Å²) in [5.41, 5.74) is -3.54. The average Bonchev–Trinajstić information content (AvgIpc) is 3.03. The van der Waals surface area contributed by atoms with Crippen LogP contribution in [0.3, 0.4) is 0 Å². The number of carbonyl (C=O) groups is 3. The number of phenols is 2. The number of nitrogens with one attached hydrogen (secondary N) is 1.